The summed E-state index contributed by atoms with van der Waals surface area (Å²) in [5.74, 6) is 0.726. The van der Waals surface area contributed by atoms with Crippen LogP contribution in [0.15, 0.2) is 24.3 Å². The summed E-state index contributed by atoms with van der Waals surface area (Å²) in [7, 11) is 1.97. The van der Waals surface area contributed by atoms with Crippen molar-refractivity contribution in [1.29, 1.82) is 0 Å². The van der Waals surface area contributed by atoms with Crippen LogP contribution in [0.25, 0.3) is 0 Å². The zero-order valence-corrected chi connectivity index (χ0v) is 11.7. The summed E-state index contributed by atoms with van der Waals surface area (Å²) in [4.78, 5) is 2.31. The van der Waals surface area contributed by atoms with Gasteiger partial charge in [0.1, 0.15) is 0 Å². The van der Waals surface area contributed by atoms with Gasteiger partial charge in [-0.25, -0.2) is 0 Å². The molecule has 1 saturated heterocycles. The molecular formula is C15H21F3N2. The third-order valence-corrected chi connectivity index (χ3v) is 3.89. The lowest BCUT2D eigenvalue weighted by Crippen LogP contribution is -2.36. The van der Waals surface area contributed by atoms with Crippen LogP contribution in [0.3, 0.4) is 0 Å². The summed E-state index contributed by atoms with van der Waals surface area (Å²) in [5, 5.41) is 3.20. The molecule has 1 aromatic rings. The fourth-order valence-corrected chi connectivity index (χ4v) is 2.69. The predicted molar refractivity (Wildman–Crippen MR) is 73.4 cm³/mol. The summed E-state index contributed by atoms with van der Waals surface area (Å²) in [6.07, 6.45) is -1.94. The van der Waals surface area contributed by atoms with Crippen molar-refractivity contribution in [2.45, 2.75) is 25.6 Å². The van der Waals surface area contributed by atoms with Gasteiger partial charge in [-0.2, -0.15) is 13.2 Å². The fourth-order valence-electron chi connectivity index (χ4n) is 2.69. The first-order valence-electron chi connectivity index (χ1n) is 7.02. The minimum atomic E-state index is -4.25. The summed E-state index contributed by atoms with van der Waals surface area (Å²) in [6.45, 7) is 3.83. The molecule has 1 aromatic carbocycles. The van der Waals surface area contributed by atoms with E-state index in [-0.39, 0.29) is 0 Å². The molecule has 20 heavy (non-hydrogen) atoms. The SMILES string of the molecule is CNCC1CCN(Cc2ccc(C(F)(F)F)cc2)CC1. The van der Waals surface area contributed by atoms with E-state index in [2.05, 4.69) is 10.2 Å². The van der Waals surface area contributed by atoms with Gasteiger partial charge >= 0.3 is 6.18 Å². The van der Waals surface area contributed by atoms with Crippen molar-refractivity contribution in [3.63, 3.8) is 0 Å². The van der Waals surface area contributed by atoms with E-state index in [4.69, 9.17) is 0 Å². The highest BCUT2D eigenvalue weighted by molar-refractivity contribution is 5.24. The summed E-state index contributed by atoms with van der Waals surface area (Å²) < 4.78 is 37.4. The van der Waals surface area contributed by atoms with Crippen LogP contribution in [0.4, 0.5) is 13.2 Å². The van der Waals surface area contributed by atoms with E-state index in [1.54, 1.807) is 12.1 Å². The molecule has 0 aromatic heterocycles. The number of hydrogen-bond acceptors (Lipinski definition) is 2. The van der Waals surface area contributed by atoms with Gasteiger partial charge in [-0.3, -0.25) is 4.90 Å². The van der Waals surface area contributed by atoms with E-state index >= 15 is 0 Å². The van der Waals surface area contributed by atoms with E-state index < -0.39 is 11.7 Å². The molecule has 2 rings (SSSR count). The molecule has 0 spiro atoms. The Hall–Kier alpha value is -1.07. The van der Waals surface area contributed by atoms with Crippen molar-refractivity contribution >= 4 is 0 Å². The lowest BCUT2D eigenvalue weighted by molar-refractivity contribution is -0.137. The van der Waals surface area contributed by atoms with Crippen molar-refractivity contribution in [3.8, 4) is 0 Å². The normalized spacial score (nSPS) is 18.4. The zero-order chi connectivity index (χ0) is 14.6. The molecule has 1 aliphatic rings. The highest BCUT2D eigenvalue weighted by atomic mass is 19.4. The Kier molecular flexibility index (Phi) is 5.05. The lowest BCUT2D eigenvalue weighted by Gasteiger charge is -2.31. The monoisotopic (exact) mass is 286 g/mol. The zero-order valence-electron chi connectivity index (χ0n) is 11.7. The van der Waals surface area contributed by atoms with Crippen molar-refractivity contribution in [1.82, 2.24) is 10.2 Å². The maximum Gasteiger partial charge on any atom is 0.416 e. The van der Waals surface area contributed by atoms with Crippen LogP contribution in [0, 0.1) is 5.92 Å². The molecule has 0 atom stereocenters. The topological polar surface area (TPSA) is 15.3 Å². The minimum absolute atomic E-state index is 0.575. The quantitative estimate of drug-likeness (QED) is 0.915. The second-order valence-corrected chi connectivity index (χ2v) is 5.47. The van der Waals surface area contributed by atoms with Gasteiger partial charge in [0, 0.05) is 6.54 Å². The largest absolute Gasteiger partial charge is 0.416 e. The highest BCUT2D eigenvalue weighted by Gasteiger charge is 2.30. The van der Waals surface area contributed by atoms with Crippen LogP contribution in [-0.4, -0.2) is 31.6 Å². The maximum absolute atomic E-state index is 12.5. The van der Waals surface area contributed by atoms with Gasteiger partial charge in [0.05, 0.1) is 5.56 Å². The minimum Gasteiger partial charge on any atom is -0.319 e. The predicted octanol–water partition coefficient (Wildman–Crippen LogP) is 3.14. The summed E-state index contributed by atoms with van der Waals surface area (Å²) in [6, 6.07) is 5.51. The number of hydrogen-bond donors (Lipinski definition) is 1. The van der Waals surface area contributed by atoms with Crippen LogP contribution >= 0.6 is 0 Å². The Morgan fingerprint density at radius 2 is 1.75 bits per heavy atom. The van der Waals surface area contributed by atoms with Crippen LogP contribution in [0.2, 0.25) is 0 Å². The van der Waals surface area contributed by atoms with Gasteiger partial charge in [-0.15, -0.1) is 0 Å². The first kappa shape index (κ1) is 15.3. The Labute approximate surface area is 118 Å². The van der Waals surface area contributed by atoms with Crippen LogP contribution in [0.5, 0.6) is 0 Å². The number of rotatable bonds is 4. The molecule has 0 unspecified atom stereocenters. The van der Waals surface area contributed by atoms with Crippen molar-refractivity contribution < 1.29 is 13.2 Å². The first-order valence-corrected chi connectivity index (χ1v) is 7.02. The number of piperidine rings is 1. The second kappa shape index (κ2) is 6.59. The highest BCUT2D eigenvalue weighted by Crippen LogP contribution is 2.29. The van der Waals surface area contributed by atoms with E-state index in [1.807, 2.05) is 7.05 Å². The standard InChI is InChI=1S/C15H21F3N2/c1-19-10-12-6-8-20(9-7-12)11-13-2-4-14(5-3-13)15(16,17)18/h2-5,12,19H,6-11H2,1H3. The fraction of sp³-hybridized carbons (Fsp3) is 0.600. The second-order valence-electron chi connectivity index (χ2n) is 5.47. The molecule has 1 N–H and O–H groups in total. The van der Waals surface area contributed by atoms with Gasteiger partial charge in [0.2, 0.25) is 0 Å². The molecule has 0 radical (unpaired) electrons. The number of nitrogens with zero attached hydrogens (tertiary/aromatic N) is 1. The molecule has 0 aliphatic carbocycles. The Bertz CT molecular complexity index is 406. The first-order chi connectivity index (χ1) is 9.49. The number of halogens is 3. The Morgan fingerprint density at radius 3 is 2.25 bits per heavy atom. The summed E-state index contributed by atoms with van der Waals surface area (Å²) in [5.41, 5.74) is 0.374. The third-order valence-electron chi connectivity index (χ3n) is 3.89. The molecule has 1 heterocycles. The van der Waals surface area contributed by atoms with E-state index in [0.717, 1.165) is 50.5 Å². The molecular weight excluding hydrogens is 265 g/mol. The van der Waals surface area contributed by atoms with Crippen LogP contribution in [0.1, 0.15) is 24.0 Å². The smallest absolute Gasteiger partial charge is 0.319 e. The van der Waals surface area contributed by atoms with Crippen molar-refractivity contribution in [3.05, 3.63) is 35.4 Å². The number of benzene rings is 1. The van der Waals surface area contributed by atoms with E-state index in [9.17, 15) is 13.2 Å². The van der Waals surface area contributed by atoms with Gasteiger partial charge in [-0.1, -0.05) is 12.1 Å². The number of nitrogens with one attached hydrogen (secondary N) is 1. The average molecular weight is 286 g/mol. The van der Waals surface area contributed by atoms with Gasteiger partial charge in [0.25, 0.3) is 0 Å². The lowest BCUT2D eigenvalue weighted by atomic mass is 9.96. The maximum atomic E-state index is 12.5. The van der Waals surface area contributed by atoms with Crippen LogP contribution < -0.4 is 5.32 Å². The molecule has 0 saturated carbocycles. The van der Waals surface area contributed by atoms with Crippen molar-refractivity contribution in [2.24, 2.45) is 5.92 Å². The molecule has 2 nitrogen and oxygen atoms in total. The Balaban J connectivity index is 1.85. The molecule has 5 heteroatoms. The van der Waals surface area contributed by atoms with Crippen molar-refractivity contribution in [2.75, 3.05) is 26.7 Å². The molecule has 112 valence electrons. The molecule has 0 bridgehead atoms. The van der Waals surface area contributed by atoms with E-state index in [0.29, 0.717) is 0 Å². The van der Waals surface area contributed by atoms with Gasteiger partial charge in [-0.05, 0) is 63.1 Å². The number of alkyl halides is 3. The Morgan fingerprint density at radius 1 is 1.15 bits per heavy atom. The van der Waals surface area contributed by atoms with E-state index in [1.165, 1.54) is 12.1 Å². The van der Waals surface area contributed by atoms with Crippen LogP contribution in [-0.2, 0) is 12.7 Å². The molecule has 1 fully saturated rings. The number of likely N-dealkylation sites (tertiary alicyclic amines) is 1. The van der Waals surface area contributed by atoms with Gasteiger partial charge in [0.15, 0.2) is 0 Å². The summed E-state index contributed by atoms with van der Waals surface area (Å²) >= 11 is 0. The molecule has 0 amide bonds. The van der Waals surface area contributed by atoms with Gasteiger partial charge < -0.3 is 5.32 Å². The molecule has 1 aliphatic heterocycles. The third kappa shape index (κ3) is 4.21. The average Bonchev–Trinajstić information content (AvgIpc) is 2.41.